The molecule has 56 valence electrons. The lowest BCUT2D eigenvalue weighted by Gasteiger charge is -2.05. The average molecular weight is 140 g/mol. The lowest BCUT2D eigenvalue weighted by molar-refractivity contribution is 0.266. The van der Waals surface area contributed by atoms with Crippen molar-refractivity contribution in [3.8, 4) is 6.07 Å². The Kier molecular flexibility index (Phi) is 2.67. The van der Waals surface area contributed by atoms with Gasteiger partial charge in [0.25, 0.3) is 0 Å². The zero-order chi connectivity index (χ0) is 7.40. The van der Waals surface area contributed by atoms with Crippen LogP contribution in [0, 0.1) is 17.2 Å². The van der Waals surface area contributed by atoms with Crippen LogP contribution < -0.4 is 5.32 Å². The minimum atomic E-state index is -0.361. The number of hydrogen-bond acceptors (Lipinski definition) is 3. The van der Waals surface area contributed by atoms with E-state index in [2.05, 4.69) is 5.32 Å². The van der Waals surface area contributed by atoms with E-state index in [9.17, 15) is 0 Å². The number of nitriles is 1. The lowest BCUT2D eigenvalue weighted by Crippen LogP contribution is -2.32. The van der Waals surface area contributed by atoms with Gasteiger partial charge in [-0.2, -0.15) is 5.26 Å². The summed E-state index contributed by atoms with van der Waals surface area (Å²) in [6.45, 7) is 0.808. The number of aliphatic hydroxyl groups excluding tert-OH is 1. The Morgan fingerprint density at radius 2 is 2.40 bits per heavy atom. The third kappa shape index (κ3) is 2.34. The van der Waals surface area contributed by atoms with Gasteiger partial charge in [-0.1, -0.05) is 0 Å². The molecule has 1 atom stereocenters. The van der Waals surface area contributed by atoms with E-state index in [4.69, 9.17) is 10.4 Å². The monoisotopic (exact) mass is 140 g/mol. The summed E-state index contributed by atoms with van der Waals surface area (Å²) in [5, 5.41) is 19.9. The first-order valence-electron chi connectivity index (χ1n) is 3.60. The minimum Gasteiger partial charge on any atom is -0.394 e. The van der Waals surface area contributed by atoms with Crippen LogP contribution in [0.5, 0.6) is 0 Å². The molecule has 0 aliphatic heterocycles. The minimum absolute atomic E-state index is 0.0801. The fourth-order valence-corrected chi connectivity index (χ4v) is 0.782. The number of hydrogen-bond donors (Lipinski definition) is 2. The van der Waals surface area contributed by atoms with Crippen LogP contribution in [0.3, 0.4) is 0 Å². The van der Waals surface area contributed by atoms with Crippen molar-refractivity contribution in [2.45, 2.75) is 18.9 Å². The van der Waals surface area contributed by atoms with Crippen LogP contribution in [-0.2, 0) is 0 Å². The molecule has 0 saturated heterocycles. The molecule has 3 nitrogen and oxygen atoms in total. The van der Waals surface area contributed by atoms with E-state index in [-0.39, 0.29) is 12.6 Å². The van der Waals surface area contributed by atoms with E-state index in [1.807, 2.05) is 6.07 Å². The number of nitrogens with one attached hydrogen (secondary N) is 1. The highest BCUT2D eigenvalue weighted by atomic mass is 16.3. The van der Waals surface area contributed by atoms with Crippen molar-refractivity contribution in [3.05, 3.63) is 0 Å². The van der Waals surface area contributed by atoms with Crippen molar-refractivity contribution in [2.24, 2.45) is 5.92 Å². The van der Waals surface area contributed by atoms with E-state index < -0.39 is 0 Å². The van der Waals surface area contributed by atoms with Crippen LogP contribution in [0.25, 0.3) is 0 Å². The fraction of sp³-hybridized carbons (Fsp3) is 0.857. The Hall–Kier alpha value is -0.590. The third-order valence-electron chi connectivity index (χ3n) is 1.69. The largest absolute Gasteiger partial charge is 0.394 e. The van der Waals surface area contributed by atoms with Gasteiger partial charge in [-0.3, -0.25) is 5.32 Å². The Morgan fingerprint density at radius 1 is 1.70 bits per heavy atom. The first-order valence-corrected chi connectivity index (χ1v) is 3.60. The highest BCUT2D eigenvalue weighted by molar-refractivity contribution is 4.90. The molecule has 1 aliphatic rings. The van der Waals surface area contributed by atoms with Crippen LogP contribution in [-0.4, -0.2) is 24.3 Å². The molecule has 3 heteroatoms. The first-order chi connectivity index (χ1) is 4.86. The molecule has 0 aromatic heterocycles. The number of rotatable bonds is 4. The third-order valence-corrected chi connectivity index (χ3v) is 1.69. The van der Waals surface area contributed by atoms with Gasteiger partial charge in [0.15, 0.2) is 0 Å². The summed E-state index contributed by atoms with van der Waals surface area (Å²) in [7, 11) is 0. The molecule has 10 heavy (non-hydrogen) atoms. The van der Waals surface area contributed by atoms with Gasteiger partial charge >= 0.3 is 0 Å². The summed E-state index contributed by atoms with van der Waals surface area (Å²) < 4.78 is 0. The summed E-state index contributed by atoms with van der Waals surface area (Å²) in [5.74, 6) is 0.766. The summed E-state index contributed by atoms with van der Waals surface area (Å²) >= 11 is 0. The predicted octanol–water partition coefficient (Wildman–Crippen LogP) is -0.130. The molecule has 0 amide bonds. The highest BCUT2D eigenvalue weighted by Crippen LogP contribution is 2.27. The maximum absolute atomic E-state index is 8.57. The molecule has 1 fully saturated rings. The maximum Gasteiger partial charge on any atom is 0.119 e. The van der Waals surface area contributed by atoms with Gasteiger partial charge in [0, 0.05) is 0 Å². The van der Waals surface area contributed by atoms with Crippen molar-refractivity contribution < 1.29 is 5.11 Å². The van der Waals surface area contributed by atoms with Gasteiger partial charge in [-0.05, 0) is 25.3 Å². The van der Waals surface area contributed by atoms with E-state index >= 15 is 0 Å². The Morgan fingerprint density at radius 3 is 2.80 bits per heavy atom. The van der Waals surface area contributed by atoms with Crippen molar-refractivity contribution in [1.29, 1.82) is 5.26 Å². The smallest absolute Gasteiger partial charge is 0.119 e. The zero-order valence-electron chi connectivity index (χ0n) is 5.88. The molecule has 1 unspecified atom stereocenters. The van der Waals surface area contributed by atoms with Crippen LogP contribution in [0.4, 0.5) is 0 Å². The summed E-state index contributed by atoms with van der Waals surface area (Å²) in [6, 6.07) is 1.61. The Labute approximate surface area is 60.7 Å². The highest BCUT2D eigenvalue weighted by Gasteiger charge is 2.21. The molecule has 1 saturated carbocycles. The predicted molar refractivity (Wildman–Crippen MR) is 37.2 cm³/mol. The quantitative estimate of drug-likeness (QED) is 0.572. The molecule has 0 aromatic rings. The van der Waals surface area contributed by atoms with Gasteiger partial charge in [0.2, 0.25) is 0 Å². The van der Waals surface area contributed by atoms with E-state index in [1.165, 1.54) is 12.8 Å². The molecule has 1 aliphatic carbocycles. The molecule has 0 radical (unpaired) electrons. The van der Waals surface area contributed by atoms with Gasteiger partial charge < -0.3 is 5.11 Å². The zero-order valence-corrected chi connectivity index (χ0v) is 5.88. The standard InChI is InChI=1S/C7H12N2O/c8-3-7(5-10)9-4-6-1-2-6/h6-7,9-10H,1-2,4-5H2. The summed E-state index contributed by atoms with van der Waals surface area (Å²) in [6.07, 6.45) is 2.55. The summed E-state index contributed by atoms with van der Waals surface area (Å²) in [4.78, 5) is 0. The van der Waals surface area contributed by atoms with Crippen LogP contribution in [0.1, 0.15) is 12.8 Å². The average Bonchev–Trinajstić information content (AvgIpc) is 2.74. The van der Waals surface area contributed by atoms with E-state index in [0.717, 1.165) is 12.5 Å². The molecule has 2 N–H and O–H groups in total. The number of nitrogens with zero attached hydrogens (tertiary/aromatic N) is 1. The first kappa shape index (κ1) is 7.52. The van der Waals surface area contributed by atoms with E-state index in [0.29, 0.717) is 0 Å². The van der Waals surface area contributed by atoms with Crippen molar-refractivity contribution >= 4 is 0 Å². The Bertz CT molecular complexity index is 137. The fourth-order valence-electron chi connectivity index (χ4n) is 0.782. The maximum atomic E-state index is 8.57. The lowest BCUT2D eigenvalue weighted by atomic mass is 10.3. The van der Waals surface area contributed by atoms with Crippen molar-refractivity contribution in [1.82, 2.24) is 5.32 Å². The molecule has 0 heterocycles. The second kappa shape index (κ2) is 3.55. The summed E-state index contributed by atoms with van der Waals surface area (Å²) in [5.41, 5.74) is 0. The van der Waals surface area contributed by atoms with E-state index in [1.54, 1.807) is 0 Å². The molecule has 1 rings (SSSR count). The van der Waals surface area contributed by atoms with Crippen LogP contribution >= 0.6 is 0 Å². The van der Waals surface area contributed by atoms with Gasteiger partial charge in [0.1, 0.15) is 6.04 Å². The molecule has 0 bridgehead atoms. The molecule has 0 spiro atoms. The second-order valence-corrected chi connectivity index (χ2v) is 2.72. The normalized spacial score (nSPS) is 20.0. The Balaban J connectivity index is 2.04. The van der Waals surface area contributed by atoms with Gasteiger partial charge in [-0.15, -0.1) is 0 Å². The molecular weight excluding hydrogens is 128 g/mol. The molecule has 0 aromatic carbocycles. The van der Waals surface area contributed by atoms with Crippen molar-refractivity contribution in [2.75, 3.05) is 13.2 Å². The second-order valence-electron chi connectivity index (χ2n) is 2.72. The van der Waals surface area contributed by atoms with Gasteiger partial charge in [-0.25, -0.2) is 0 Å². The SMILES string of the molecule is N#CC(CO)NCC1CC1. The topological polar surface area (TPSA) is 56.0 Å². The van der Waals surface area contributed by atoms with Crippen LogP contribution in [0.2, 0.25) is 0 Å². The van der Waals surface area contributed by atoms with Crippen molar-refractivity contribution in [3.63, 3.8) is 0 Å². The van der Waals surface area contributed by atoms with Crippen LogP contribution in [0.15, 0.2) is 0 Å². The van der Waals surface area contributed by atoms with Gasteiger partial charge in [0.05, 0.1) is 12.7 Å². The molecular formula is C7H12N2O. The number of aliphatic hydroxyl groups is 1.